The summed E-state index contributed by atoms with van der Waals surface area (Å²) in [5.74, 6) is -0.164. The van der Waals surface area contributed by atoms with Crippen molar-refractivity contribution in [3.63, 3.8) is 0 Å². The van der Waals surface area contributed by atoms with Gasteiger partial charge in [0, 0.05) is 11.2 Å². The largest absolute Gasteiger partial charge is 0.345 e. The van der Waals surface area contributed by atoms with E-state index in [0.29, 0.717) is 5.92 Å². The van der Waals surface area contributed by atoms with E-state index in [1.165, 1.54) is 0 Å². The van der Waals surface area contributed by atoms with Crippen LogP contribution in [0.1, 0.15) is 27.7 Å². The van der Waals surface area contributed by atoms with Gasteiger partial charge in [0.25, 0.3) is 0 Å². The second-order valence-corrected chi connectivity index (χ2v) is 5.48. The summed E-state index contributed by atoms with van der Waals surface area (Å²) in [4.78, 5) is 0. The van der Waals surface area contributed by atoms with Gasteiger partial charge >= 0.3 is 0 Å². The van der Waals surface area contributed by atoms with Gasteiger partial charge in [-0.15, -0.1) is 0 Å². The normalized spacial score (nSPS) is 47.8. The topological polar surface area (TPSA) is 27.7 Å². The van der Waals surface area contributed by atoms with Crippen molar-refractivity contribution in [2.75, 3.05) is 0 Å². The van der Waals surface area contributed by atoms with E-state index in [0.717, 1.165) is 0 Å². The van der Waals surface area contributed by atoms with Gasteiger partial charge in [0.05, 0.1) is 6.10 Å². The van der Waals surface area contributed by atoms with Crippen LogP contribution in [0.2, 0.25) is 0 Å². The van der Waals surface area contributed by atoms with Crippen LogP contribution >= 0.6 is 12.6 Å². The fourth-order valence-corrected chi connectivity index (χ4v) is 2.58. The van der Waals surface area contributed by atoms with Crippen molar-refractivity contribution in [3.05, 3.63) is 0 Å². The first kappa shape index (κ1) is 10.7. The Hall–Kier alpha value is 0.230. The highest BCUT2D eigenvalue weighted by molar-refractivity contribution is 7.81. The van der Waals surface area contributed by atoms with Crippen LogP contribution in [0.3, 0.4) is 0 Å². The van der Waals surface area contributed by atoms with Gasteiger partial charge in [-0.25, -0.2) is 0 Å². The fraction of sp³-hybridized carbons (Fsp3) is 1.00. The van der Waals surface area contributed by atoms with Crippen molar-refractivity contribution in [2.24, 2.45) is 5.92 Å². The van der Waals surface area contributed by atoms with Crippen molar-refractivity contribution < 1.29 is 14.2 Å². The predicted molar refractivity (Wildman–Crippen MR) is 56.3 cm³/mol. The number of fused-ring (bicyclic) bond motifs is 1. The second-order valence-electron chi connectivity index (χ2n) is 4.67. The minimum Gasteiger partial charge on any atom is -0.345 e. The Bertz CT molecular complexity index is 227. The summed E-state index contributed by atoms with van der Waals surface area (Å²) in [6.45, 7) is 8.00. The van der Waals surface area contributed by atoms with E-state index in [9.17, 15) is 0 Å². The van der Waals surface area contributed by atoms with Crippen LogP contribution < -0.4 is 0 Å². The summed E-state index contributed by atoms with van der Waals surface area (Å²) in [7, 11) is 0. The molecule has 82 valence electrons. The van der Waals surface area contributed by atoms with E-state index in [-0.39, 0.29) is 23.7 Å². The molecule has 4 heteroatoms. The Morgan fingerprint density at radius 2 is 1.93 bits per heavy atom. The molecule has 0 radical (unpaired) electrons. The molecule has 0 aliphatic carbocycles. The van der Waals surface area contributed by atoms with Crippen molar-refractivity contribution >= 4 is 12.6 Å². The number of rotatable bonds is 1. The number of hydrogen-bond acceptors (Lipinski definition) is 4. The lowest BCUT2D eigenvalue weighted by atomic mass is 9.99. The summed E-state index contributed by atoms with van der Waals surface area (Å²) >= 11 is 4.40. The highest BCUT2D eigenvalue weighted by Crippen LogP contribution is 2.41. The average Bonchev–Trinajstić information content (AvgIpc) is 2.46. The molecule has 0 spiro atoms. The monoisotopic (exact) mass is 218 g/mol. The van der Waals surface area contributed by atoms with Gasteiger partial charge in [0.15, 0.2) is 12.1 Å². The van der Waals surface area contributed by atoms with Gasteiger partial charge in [-0.05, 0) is 13.8 Å². The molecule has 0 aromatic carbocycles. The van der Waals surface area contributed by atoms with E-state index in [2.05, 4.69) is 19.6 Å². The van der Waals surface area contributed by atoms with Gasteiger partial charge in [-0.3, -0.25) is 0 Å². The van der Waals surface area contributed by atoms with Crippen LogP contribution in [0.4, 0.5) is 0 Å². The molecule has 5 atom stereocenters. The highest BCUT2D eigenvalue weighted by Gasteiger charge is 2.53. The second kappa shape index (κ2) is 3.37. The first-order valence-electron chi connectivity index (χ1n) is 5.10. The zero-order valence-electron chi connectivity index (χ0n) is 9.06. The first-order chi connectivity index (χ1) is 6.41. The summed E-state index contributed by atoms with van der Waals surface area (Å²) in [6, 6.07) is 0. The summed E-state index contributed by atoms with van der Waals surface area (Å²) in [6.07, 6.45) is -0.0198. The van der Waals surface area contributed by atoms with Crippen LogP contribution in [0.25, 0.3) is 0 Å². The minimum absolute atomic E-state index is 0.0598. The Balaban J connectivity index is 2.08. The Morgan fingerprint density at radius 1 is 1.29 bits per heavy atom. The molecule has 0 saturated carbocycles. The molecular formula is C10H18O3S. The smallest absolute Gasteiger partial charge is 0.187 e. The van der Waals surface area contributed by atoms with Crippen LogP contribution in [0, 0.1) is 5.92 Å². The highest BCUT2D eigenvalue weighted by atomic mass is 32.1. The van der Waals surface area contributed by atoms with E-state index in [1.54, 1.807) is 0 Å². The van der Waals surface area contributed by atoms with Crippen molar-refractivity contribution in [2.45, 2.75) is 57.2 Å². The Labute approximate surface area is 90.5 Å². The van der Waals surface area contributed by atoms with Gasteiger partial charge < -0.3 is 14.2 Å². The lowest BCUT2D eigenvalue weighted by Crippen LogP contribution is -2.32. The van der Waals surface area contributed by atoms with Crippen molar-refractivity contribution in [3.8, 4) is 0 Å². The third-order valence-corrected chi connectivity index (χ3v) is 3.19. The summed E-state index contributed by atoms with van der Waals surface area (Å²) in [5, 5.41) is 0.214. The number of ether oxygens (including phenoxy) is 3. The third-order valence-electron chi connectivity index (χ3n) is 2.89. The van der Waals surface area contributed by atoms with Crippen LogP contribution in [0.5, 0.6) is 0 Å². The fourth-order valence-electron chi connectivity index (χ4n) is 2.24. The van der Waals surface area contributed by atoms with E-state index < -0.39 is 5.79 Å². The maximum absolute atomic E-state index is 5.78. The van der Waals surface area contributed by atoms with Crippen LogP contribution in [-0.2, 0) is 14.2 Å². The Kier molecular flexibility index (Phi) is 2.59. The molecule has 2 aliphatic heterocycles. The predicted octanol–water partition coefficient (Wildman–Crippen LogP) is 1.82. The maximum atomic E-state index is 5.78. The van der Waals surface area contributed by atoms with E-state index in [4.69, 9.17) is 14.2 Å². The van der Waals surface area contributed by atoms with E-state index >= 15 is 0 Å². The van der Waals surface area contributed by atoms with E-state index in [1.807, 2.05) is 20.8 Å². The molecule has 14 heavy (non-hydrogen) atoms. The number of hydrogen-bond donors (Lipinski definition) is 1. The molecule has 0 aromatic heterocycles. The molecule has 2 rings (SSSR count). The van der Waals surface area contributed by atoms with Crippen LogP contribution in [0.15, 0.2) is 0 Å². The molecule has 0 aromatic rings. The van der Waals surface area contributed by atoms with Crippen molar-refractivity contribution in [1.29, 1.82) is 0 Å². The molecule has 0 bridgehead atoms. The van der Waals surface area contributed by atoms with Gasteiger partial charge in [-0.1, -0.05) is 13.8 Å². The maximum Gasteiger partial charge on any atom is 0.187 e. The standard InChI is InChI=1S/C10H18O3S/c1-5-7(6(2)14)11-9-8(5)12-10(3,4)13-9/h5-9,14H,1-4H3/t5-,6?,7-,8+,9+/m1/s1. The van der Waals surface area contributed by atoms with Gasteiger partial charge in [-0.2, -0.15) is 12.6 Å². The molecule has 2 heterocycles. The Morgan fingerprint density at radius 3 is 2.43 bits per heavy atom. The zero-order valence-corrected chi connectivity index (χ0v) is 9.95. The average molecular weight is 218 g/mol. The van der Waals surface area contributed by atoms with Crippen LogP contribution in [-0.4, -0.2) is 29.5 Å². The lowest BCUT2D eigenvalue weighted by molar-refractivity contribution is -0.208. The SMILES string of the molecule is CC(S)[C@@H]1O[C@H]2OC(C)(C)O[C@H]2[C@@H]1C. The van der Waals surface area contributed by atoms with Gasteiger partial charge in [0.2, 0.25) is 0 Å². The zero-order chi connectivity index (χ0) is 10.5. The molecule has 3 nitrogen and oxygen atoms in total. The summed E-state index contributed by atoms with van der Waals surface area (Å²) in [5.41, 5.74) is 0. The molecule has 0 N–H and O–H groups in total. The quantitative estimate of drug-likeness (QED) is 0.680. The van der Waals surface area contributed by atoms with Crippen molar-refractivity contribution in [1.82, 2.24) is 0 Å². The molecule has 2 fully saturated rings. The number of thiol groups is 1. The molecular weight excluding hydrogens is 200 g/mol. The summed E-state index contributed by atoms with van der Waals surface area (Å²) < 4.78 is 17.2. The first-order valence-corrected chi connectivity index (χ1v) is 5.61. The van der Waals surface area contributed by atoms with Gasteiger partial charge in [0.1, 0.15) is 6.10 Å². The molecule has 2 saturated heterocycles. The molecule has 2 aliphatic rings. The molecule has 1 unspecified atom stereocenters. The third kappa shape index (κ3) is 1.69. The lowest BCUT2D eigenvalue weighted by Gasteiger charge is -2.25. The minimum atomic E-state index is -0.506. The molecule has 0 amide bonds.